The lowest BCUT2D eigenvalue weighted by Gasteiger charge is -2.04. The van der Waals surface area contributed by atoms with Gasteiger partial charge in [-0.2, -0.15) is 0 Å². The van der Waals surface area contributed by atoms with Crippen molar-refractivity contribution in [3.63, 3.8) is 0 Å². The van der Waals surface area contributed by atoms with Crippen LogP contribution in [0.5, 0.6) is 0 Å². The largest absolute Gasteiger partial charge is 0.481 e. The molecule has 18 heavy (non-hydrogen) atoms. The molecule has 0 saturated heterocycles. The lowest BCUT2D eigenvalue weighted by atomic mass is 10.2. The van der Waals surface area contributed by atoms with Crippen LogP contribution < -0.4 is 5.32 Å². The Hall–Kier alpha value is -2.44. The van der Waals surface area contributed by atoms with Gasteiger partial charge >= 0.3 is 5.97 Å². The smallest absolute Gasteiger partial charge is 0.303 e. The van der Waals surface area contributed by atoms with E-state index in [1.54, 1.807) is 6.07 Å². The number of nitrogens with zero attached hydrogens (tertiary/aromatic N) is 1. The van der Waals surface area contributed by atoms with Crippen LogP contribution in [0.15, 0.2) is 24.3 Å². The van der Waals surface area contributed by atoms with Gasteiger partial charge in [-0.1, -0.05) is 12.1 Å². The molecule has 0 atom stereocenters. The highest BCUT2D eigenvalue weighted by Gasteiger charge is 2.14. The molecule has 7 nitrogen and oxygen atoms in total. The van der Waals surface area contributed by atoms with Crippen molar-refractivity contribution in [3.05, 3.63) is 34.4 Å². The minimum Gasteiger partial charge on any atom is -0.481 e. The molecule has 1 aromatic rings. The van der Waals surface area contributed by atoms with E-state index in [0.717, 1.165) is 0 Å². The van der Waals surface area contributed by atoms with Gasteiger partial charge in [0.25, 0.3) is 5.69 Å². The molecule has 0 unspecified atom stereocenters. The molecule has 1 rings (SSSR count). The summed E-state index contributed by atoms with van der Waals surface area (Å²) in [5.41, 5.74) is -0.0769. The fourth-order valence-electron chi connectivity index (χ4n) is 1.35. The average molecular weight is 252 g/mol. The van der Waals surface area contributed by atoms with Gasteiger partial charge in [-0.15, -0.1) is 0 Å². The highest BCUT2D eigenvalue weighted by molar-refractivity contribution is 5.93. The molecule has 0 fully saturated rings. The minimum atomic E-state index is -0.978. The number of nitro benzene ring substituents is 1. The van der Waals surface area contributed by atoms with E-state index in [4.69, 9.17) is 5.11 Å². The topological polar surface area (TPSA) is 110 Å². The second-order valence-electron chi connectivity index (χ2n) is 3.57. The number of carboxylic acids is 1. The summed E-state index contributed by atoms with van der Waals surface area (Å²) in [6.07, 6.45) is 0.102. The third-order valence-corrected chi connectivity index (χ3v) is 2.17. The number of para-hydroxylation sites is 2. The number of nitro groups is 1. The van der Waals surface area contributed by atoms with Crippen molar-refractivity contribution in [1.29, 1.82) is 0 Å². The van der Waals surface area contributed by atoms with Crippen LogP contribution in [0.3, 0.4) is 0 Å². The van der Waals surface area contributed by atoms with Gasteiger partial charge in [-0.3, -0.25) is 19.7 Å². The third kappa shape index (κ3) is 4.20. The molecule has 96 valence electrons. The van der Waals surface area contributed by atoms with Crippen LogP contribution in [-0.4, -0.2) is 21.9 Å². The Bertz CT molecular complexity index is 472. The maximum absolute atomic E-state index is 11.4. The molecule has 0 radical (unpaired) electrons. The van der Waals surface area contributed by atoms with Gasteiger partial charge in [-0.05, 0) is 12.5 Å². The van der Waals surface area contributed by atoms with Gasteiger partial charge < -0.3 is 10.4 Å². The van der Waals surface area contributed by atoms with Gasteiger partial charge in [0, 0.05) is 18.9 Å². The summed E-state index contributed by atoms with van der Waals surface area (Å²) in [5.74, 6) is -1.42. The van der Waals surface area contributed by atoms with E-state index in [2.05, 4.69) is 5.32 Å². The third-order valence-electron chi connectivity index (χ3n) is 2.17. The fraction of sp³-hybridized carbons (Fsp3) is 0.273. The Morgan fingerprint density at radius 2 is 1.94 bits per heavy atom. The highest BCUT2D eigenvalue weighted by Crippen LogP contribution is 2.23. The molecule has 1 amide bonds. The molecule has 0 saturated carbocycles. The maximum Gasteiger partial charge on any atom is 0.303 e. The van der Waals surface area contributed by atoms with Gasteiger partial charge in [0.15, 0.2) is 0 Å². The van der Waals surface area contributed by atoms with Crippen LogP contribution in [0.4, 0.5) is 11.4 Å². The normalized spacial score (nSPS) is 9.78. The fourth-order valence-corrected chi connectivity index (χ4v) is 1.35. The van der Waals surface area contributed by atoms with E-state index < -0.39 is 16.8 Å². The van der Waals surface area contributed by atoms with Gasteiger partial charge in [0.05, 0.1) is 4.92 Å². The summed E-state index contributed by atoms with van der Waals surface area (Å²) < 4.78 is 0. The molecule has 2 N–H and O–H groups in total. The first kappa shape index (κ1) is 13.6. The van der Waals surface area contributed by atoms with Crippen molar-refractivity contribution in [1.82, 2.24) is 0 Å². The van der Waals surface area contributed by atoms with Crippen molar-refractivity contribution in [2.24, 2.45) is 0 Å². The lowest BCUT2D eigenvalue weighted by Crippen LogP contribution is -2.13. The zero-order valence-electron chi connectivity index (χ0n) is 9.46. The number of benzene rings is 1. The van der Waals surface area contributed by atoms with Crippen molar-refractivity contribution < 1.29 is 19.6 Å². The van der Waals surface area contributed by atoms with Crippen LogP contribution in [0.1, 0.15) is 19.3 Å². The number of amides is 1. The Balaban J connectivity index is 2.59. The molecule has 0 aromatic heterocycles. The molecular formula is C11H12N2O5. The summed E-state index contributed by atoms with van der Waals surface area (Å²) in [4.78, 5) is 31.8. The molecule has 0 aliphatic carbocycles. The SMILES string of the molecule is O=C(O)CCCC(=O)Nc1ccccc1[N+](=O)[O-]. The number of hydrogen-bond acceptors (Lipinski definition) is 4. The first-order chi connectivity index (χ1) is 8.50. The predicted octanol–water partition coefficient (Wildman–Crippen LogP) is 1.79. The van der Waals surface area contributed by atoms with Crippen molar-refractivity contribution in [2.45, 2.75) is 19.3 Å². The Kier molecular flexibility index (Phi) is 4.79. The predicted molar refractivity (Wildman–Crippen MR) is 63.2 cm³/mol. The molecule has 1 aromatic carbocycles. The molecule has 0 spiro atoms. The minimum absolute atomic E-state index is 0.0123. The zero-order chi connectivity index (χ0) is 13.5. The van der Waals surface area contributed by atoms with Crippen LogP contribution in [-0.2, 0) is 9.59 Å². The van der Waals surface area contributed by atoms with E-state index in [1.165, 1.54) is 18.2 Å². The van der Waals surface area contributed by atoms with E-state index in [-0.39, 0.29) is 30.6 Å². The Morgan fingerprint density at radius 1 is 1.28 bits per heavy atom. The molecule has 0 aliphatic rings. The standard InChI is InChI=1S/C11H12N2O5/c14-10(6-3-7-11(15)16)12-8-4-1-2-5-9(8)13(17)18/h1-2,4-5H,3,6-7H2,(H,12,14)(H,15,16). The zero-order valence-corrected chi connectivity index (χ0v) is 9.46. The molecule has 0 heterocycles. The van der Waals surface area contributed by atoms with Crippen LogP contribution in [0, 0.1) is 10.1 Å². The Labute approximate surface area is 103 Å². The first-order valence-corrected chi connectivity index (χ1v) is 5.26. The van der Waals surface area contributed by atoms with Crippen LogP contribution in [0.2, 0.25) is 0 Å². The number of carbonyl (C=O) groups excluding carboxylic acids is 1. The number of hydrogen-bond donors (Lipinski definition) is 2. The summed E-state index contributed by atoms with van der Waals surface area (Å²) in [7, 11) is 0. The maximum atomic E-state index is 11.4. The monoisotopic (exact) mass is 252 g/mol. The summed E-state index contributed by atoms with van der Waals surface area (Å²) in [6, 6.07) is 5.78. The van der Waals surface area contributed by atoms with Crippen LogP contribution >= 0.6 is 0 Å². The van der Waals surface area contributed by atoms with Crippen molar-refractivity contribution >= 4 is 23.3 Å². The summed E-state index contributed by atoms with van der Waals surface area (Å²) in [5, 5.41) is 21.5. The van der Waals surface area contributed by atoms with Crippen molar-refractivity contribution in [2.75, 3.05) is 5.32 Å². The summed E-state index contributed by atoms with van der Waals surface area (Å²) >= 11 is 0. The van der Waals surface area contributed by atoms with Gasteiger partial charge in [-0.25, -0.2) is 0 Å². The quantitative estimate of drug-likeness (QED) is 0.592. The number of nitrogens with one attached hydrogen (secondary N) is 1. The Morgan fingerprint density at radius 3 is 2.56 bits per heavy atom. The first-order valence-electron chi connectivity index (χ1n) is 5.26. The summed E-state index contributed by atoms with van der Waals surface area (Å²) in [6.45, 7) is 0. The van der Waals surface area contributed by atoms with Crippen molar-refractivity contribution in [3.8, 4) is 0 Å². The number of rotatable bonds is 6. The van der Waals surface area contributed by atoms with E-state index >= 15 is 0 Å². The number of carboxylic acid groups (broad SMARTS) is 1. The van der Waals surface area contributed by atoms with Gasteiger partial charge in [0.2, 0.25) is 5.91 Å². The molecule has 7 heteroatoms. The number of carbonyl (C=O) groups is 2. The average Bonchev–Trinajstić information content (AvgIpc) is 2.28. The van der Waals surface area contributed by atoms with E-state index in [1.807, 2.05) is 0 Å². The molecular weight excluding hydrogens is 240 g/mol. The van der Waals surface area contributed by atoms with Gasteiger partial charge in [0.1, 0.15) is 5.69 Å². The lowest BCUT2D eigenvalue weighted by molar-refractivity contribution is -0.383. The number of aliphatic carboxylic acids is 1. The van der Waals surface area contributed by atoms with E-state index in [0.29, 0.717) is 0 Å². The van der Waals surface area contributed by atoms with Crippen LogP contribution in [0.25, 0.3) is 0 Å². The molecule has 0 aliphatic heterocycles. The second kappa shape index (κ2) is 6.33. The van der Waals surface area contributed by atoms with E-state index in [9.17, 15) is 19.7 Å². The number of anilines is 1. The molecule has 0 bridgehead atoms. The highest BCUT2D eigenvalue weighted by atomic mass is 16.6. The second-order valence-corrected chi connectivity index (χ2v) is 3.57.